The summed E-state index contributed by atoms with van der Waals surface area (Å²) in [7, 11) is 0. The van der Waals surface area contributed by atoms with Gasteiger partial charge in [0.25, 0.3) is 5.91 Å². The molecule has 0 spiro atoms. The molecule has 1 atom stereocenters. The van der Waals surface area contributed by atoms with Gasteiger partial charge in [0.15, 0.2) is 0 Å². The summed E-state index contributed by atoms with van der Waals surface area (Å²) in [6.07, 6.45) is 1.26. The summed E-state index contributed by atoms with van der Waals surface area (Å²) in [5.41, 5.74) is -0.882. The van der Waals surface area contributed by atoms with Crippen molar-refractivity contribution >= 4 is 30.3 Å². The third kappa shape index (κ3) is 4.35. The van der Waals surface area contributed by atoms with E-state index in [1.165, 1.54) is 0 Å². The van der Waals surface area contributed by atoms with E-state index >= 15 is 0 Å². The second-order valence-corrected chi connectivity index (χ2v) is 5.15. The van der Waals surface area contributed by atoms with Crippen molar-refractivity contribution in [3.63, 3.8) is 0 Å². The number of urea groups is 1. The summed E-state index contributed by atoms with van der Waals surface area (Å²) >= 11 is 0. The molecule has 1 aliphatic rings. The van der Waals surface area contributed by atoms with Gasteiger partial charge in [-0.3, -0.25) is 14.5 Å². The number of amides is 3. The third-order valence-electron chi connectivity index (χ3n) is 3.05. The minimum absolute atomic E-state index is 0. The Hall–Kier alpha value is -1.34. The van der Waals surface area contributed by atoms with Gasteiger partial charge in [0.1, 0.15) is 11.6 Å². The smallest absolute Gasteiger partial charge is 0.325 e. The van der Waals surface area contributed by atoms with Gasteiger partial charge in [0.2, 0.25) is 0 Å². The van der Waals surface area contributed by atoms with E-state index < -0.39 is 23.6 Å². The Morgan fingerprint density at radius 1 is 1.45 bits per heavy atom. The Bertz CT molecular complexity index is 387. The summed E-state index contributed by atoms with van der Waals surface area (Å²) in [4.78, 5) is 35.5. The van der Waals surface area contributed by atoms with Crippen molar-refractivity contribution in [2.75, 3.05) is 13.1 Å². The largest absolute Gasteiger partial charge is 0.480 e. The number of carboxylic acid groups (broad SMARTS) is 1. The Balaban J connectivity index is 0.00000361. The molecule has 8 heteroatoms. The van der Waals surface area contributed by atoms with Crippen LogP contribution in [0.1, 0.15) is 33.6 Å². The second kappa shape index (κ2) is 7.44. The topological polar surface area (TPSA) is 98.7 Å². The fraction of sp³-hybridized carbons (Fsp3) is 0.750. The van der Waals surface area contributed by atoms with Crippen molar-refractivity contribution in [2.45, 2.75) is 45.2 Å². The Morgan fingerprint density at radius 2 is 2.05 bits per heavy atom. The third-order valence-corrected chi connectivity index (χ3v) is 3.05. The van der Waals surface area contributed by atoms with E-state index in [4.69, 9.17) is 5.11 Å². The van der Waals surface area contributed by atoms with Crippen LogP contribution < -0.4 is 10.6 Å². The molecule has 0 aromatic heterocycles. The van der Waals surface area contributed by atoms with Crippen molar-refractivity contribution < 1.29 is 19.5 Å². The van der Waals surface area contributed by atoms with Gasteiger partial charge >= 0.3 is 12.0 Å². The zero-order valence-electron chi connectivity index (χ0n) is 11.9. The SMILES string of the molecule is CCCC(NCCN1C(=O)NC(C)(C)C1=O)C(=O)O.Cl. The lowest BCUT2D eigenvalue weighted by Gasteiger charge is -2.18. The molecule has 3 N–H and O–H groups in total. The number of carbonyl (C=O) groups excluding carboxylic acids is 2. The summed E-state index contributed by atoms with van der Waals surface area (Å²) in [6, 6.07) is -1.07. The van der Waals surface area contributed by atoms with Crippen LogP contribution in [-0.4, -0.2) is 52.6 Å². The van der Waals surface area contributed by atoms with Crippen molar-refractivity contribution in [1.82, 2.24) is 15.5 Å². The van der Waals surface area contributed by atoms with E-state index in [0.29, 0.717) is 6.42 Å². The van der Waals surface area contributed by atoms with Gasteiger partial charge in [0.05, 0.1) is 0 Å². The number of hydrogen-bond acceptors (Lipinski definition) is 4. The molecule has 1 saturated heterocycles. The van der Waals surface area contributed by atoms with E-state index in [-0.39, 0.29) is 31.4 Å². The van der Waals surface area contributed by atoms with E-state index in [1.807, 2.05) is 6.92 Å². The highest BCUT2D eigenvalue weighted by Crippen LogP contribution is 2.15. The maximum absolute atomic E-state index is 11.9. The lowest BCUT2D eigenvalue weighted by atomic mass is 10.1. The molecule has 7 nitrogen and oxygen atoms in total. The number of rotatable bonds is 7. The van der Waals surface area contributed by atoms with E-state index in [0.717, 1.165) is 11.3 Å². The average Bonchev–Trinajstić information content (AvgIpc) is 2.49. The maximum Gasteiger partial charge on any atom is 0.325 e. The van der Waals surface area contributed by atoms with Crippen LogP contribution in [0.25, 0.3) is 0 Å². The molecule has 1 heterocycles. The van der Waals surface area contributed by atoms with Crippen molar-refractivity contribution in [3.05, 3.63) is 0 Å². The number of carbonyl (C=O) groups is 3. The molecule has 0 radical (unpaired) electrons. The molecular formula is C12H22ClN3O4. The summed E-state index contributed by atoms with van der Waals surface area (Å²) < 4.78 is 0. The van der Waals surface area contributed by atoms with Gasteiger partial charge in [0, 0.05) is 13.1 Å². The Kier molecular flexibility index (Phi) is 6.95. The summed E-state index contributed by atoms with van der Waals surface area (Å²) in [5.74, 6) is -1.21. The number of nitrogens with zero attached hydrogens (tertiary/aromatic N) is 1. The predicted molar refractivity (Wildman–Crippen MR) is 75.9 cm³/mol. The molecule has 1 fully saturated rings. The van der Waals surface area contributed by atoms with Crippen LogP contribution in [0, 0.1) is 0 Å². The van der Waals surface area contributed by atoms with E-state index in [9.17, 15) is 14.4 Å². The average molecular weight is 308 g/mol. The van der Waals surface area contributed by atoms with Crippen molar-refractivity contribution in [2.24, 2.45) is 0 Å². The molecule has 0 bridgehead atoms. The lowest BCUT2D eigenvalue weighted by molar-refractivity contribution is -0.139. The molecule has 0 saturated carbocycles. The molecule has 1 aliphatic heterocycles. The molecule has 1 unspecified atom stereocenters. The number of aliphatic carboxylic acids is 1. The standard InChI is InChI=1S/C12H21N3O4.ClH/c1-4-5-8(9(16)17)13-6-7-15-10(18)12(2,3)14-11(15)19;/h8,13H,4-7H2,1-3H3,(H,14,19)(H,16,17);1H. The van der Waals surface area contributed by atoms with Gasteiger partial charge < -0.3 is 15.7 Å². The molecule has 0 aromatic carbocycles. The summed E-state index contributed by atoms with van der Waals surface area (Å²) in [5, 5.41) is 14.4. The van der Waals surface area contributed by atoms with Crippen LogP contribution in [-0.2, 0) is 9.59 Å². The molecule has 0 aromatic rings. The quantitative estimate of drug-likeness (QED) is 0.598. The highest BCUT2D eigenvalue weighted by Gasteiger charge is 2.43. The van der Waals surface area contributed by atoms with Gasteiger partial charge in [-0.05, 0) is 20.3 Å². The normalized spacial score (nSPS) is 18.4. The first kappa shape index (κ1) is 18.7. The Morgan fingerprint density at radius 3 is 2.45 bits per heavy atom. The molecule has 116 valence electrons. The first-order valence-electron chi connectivity index (χ1n) is 6.40. The van der Waals surface area contributed by atoms with Crippen LogP contribution in [0.4, 0.5) is 4.79 Å². The van der Waals surface area contributed by atoms with Gasteiger partial charge in [-0.2, -0.15) is 0 Å². The molecule has 20 heavy (non-hydrogen) atoms. The fourth-order valence-electron chi connectivity index (χ4n) is 1.97. The van der Waals surface area contributed by atoms with Crippen LogP contribution in [0.15, 0.2) is 0 Å². The molecule has 0 aliphatic carbocycles. The van der Waals surface area contributed by atoms with Crippen LogP contribution in [0.2, 0.25) is 0 Å². The number of halogens is 1. The van der Waals surface area contributed by atoms with Crippen LogP contribution in [0.5, 0.6) is 0 Å². The molecule has 1 rings (SSSR count). The first-order chi connectivity index (χ1) is 8.79. The summed E-state index contributed by atoms with van der Waals surface area (Å²) in [6.45, 7) is 5.61. The zero-order valence-corrected chi connectivity index (χ0v) is 12.7. The van der Waals surface area contributed by atoms with Gasteiger partial charge in [-0.1, -0.05) is 13.3 Å². The maximum atomic E-state index is 11.9. The van der Waals surface area contributed by atoms with Gasteiger partial charge in [-0.25, -0.2) is 4.79 Å². The number of imide groups is 1. The second-order valence-electron chi connectivity index (χ2n) is 5.15. The molecule has 3 amide bonds. The highest BCUT2D eigenvalue weighted by molar-refractivity contribution is 6.06. The Labute approximate surface area is 124 Å². The lowest BCUT2D eigenvalue weighted by Crippen LogP contribution is -2.44. The zero-order chi connectivity index (χ0) is 14.6. The number of carboxylic acids is 1. The number of nitrogens with one attached hydrogen (secondary N) is 2. The first-order valence-corrected chi connectivity index (χ1v) is 6.40. The fourth-order valence-corrected chi connectivity index (χ4v) is 1.97. The monoisotopic (exact) mass is 307 g/mol. The minimum Gasteiger partial charge on any atom is -0.480 e. The van der Waals surface area contributed by atoms with Crippen LogP contribution in [0.3, 0.4) is 0 Å². The number of hydrogen-bond donors (Lipinski definition) is 3. The van der Waals surface area contributed by atoms with Crippen molar-refractivity contribution in [1.29, 1.82) is 0 Å². The molecular weight excluding hydrogens is 286 g/mol. The van der Waals surface area contributed by atoms with E-state index in [2.05, 4.69) is 10.6 Å². The minimum atomic E-state index is -0.917. The highest BCUT2D eigenvalue weighted by atomic mass is 35.5. The predicted octanol–water partition coefficient (Wildman–Crippen LogP) is 0.582. The van der Waals surface area contributed by atoms with Crippen LogP contribution >= 0.6 is 12.4 Å². The van der Waals surface area contributed by atoms with Crippen molar-refractivity contribution in [3.8, 4) is 0 Å². The van der Waals surface area contributed by atoms with E-state index in [1.54, 1.807) is 13.8 Å². The van der Waals surface area contributed by atoms with Gasteiger partial charge in [-0.15, -0.1) is 12.4 Å².